The number of ether oxygens (including phenoxy) is 2. The van der Waals surface area contributed by atoms with Gasteiger partial charge in [-0.25, -0.2) is 0 Å². The van der Waals surface area contributed by atoms with Crippen LogP contribution in [0.5, 0.6) is 0 Å². The van der Waals surface area contributed by atoms with Crippen molar-refractivity contribution in [1.82, 2.24) is 0 Å². The van der Waals surface area contributed by atoms with Crippen LogP contribution >= 0.6 is 0 Å². The highest BCUT2D eigenvalue weighted by atomic mass is 16.7. The van der Waals surface area contributed by atoms with Crippen molar-refractivity contribution in [3.05, 3.63) is 0 Å². The van der Waals surface area contributed by atoms with Gasteiger partial charge >= 0.3 is 17.8 Å². The minimum atomic E-state index is -1.84. The molecule has 0 saturated carbocycles. The van der Waals surface area contributed by atoms with E-state index in [2.05, 4.69) is 9.47 Å². The van der Waals surface area contributed by atoms with Gasteiger partial charge in [-0.2, -0.15) is 0 Å². The topological polar surface area (TPSA) is 105 Å². The Morgan fingerprint density at radius 1 is 1.25 bits per heavy atom. The summed E-state index contributed by atoms with van der Waals surface area (Å²) in [6.45, 7) is 1.99. The standard InChI is InChI=1S/C6H12N2O4/c1-4(9)11-6(8,3-7)12-5(2)10/h3,7-8H2,1-2H3. The highest BCUT2D eigenvalue weighted by molar-refractivity contribution is 5.68. The highest BCUT2D eigenvalue weighted by Crippen LogP contribution is 2.03. The summed E-state index contributed by atoms with van der Waals surface area (Å²) in [5.41, 5.74) is 10.4. The van der Waals surface area contributed by atoms with Crippen LogP contribution in [0.2, 0.25) is 0 Å². The SMILES string of the molecule is CC(=O)OC(N)(CN)OC(C)=O. The Balaban J connectivity index is 4.23. The third-order valence-electron chi connectivity index (χ3n) is 0.917. The fraction of sp³-hybridized carbons (Fsp3) is 0.667. The molecule has 0 rings (SSSR count). The number of hydrogen-bond acceptors (Lipinski definition) is 6. The molecule has 4 N–H and O–H groups in total. The van der Waals surface area contributed by atoms with Crippen molar-refractivity contribution in [2.75, 3.05) is 6.54 Å². The molecular formula is C6H12N2O4. The Morgan fingerprint density at radius 2 is 1.58 bits per heavy atom. The third kappa shape index (κ3) is 3.89. The molecule has 0 heterocycles. The molecule has 6 nitrogen and oxygen atoms in total. The molecule has 0 aromatic heterocycles. The number of hydrogen-bond donors (Lipinski definition) is 2. The summed E-state index contributed by atoms with van der Waals surface area (Å²) >= 11 is 0. The Morgan fingerprint density at radius 3 is 1.75 bits per heavy atom. The van der Waals surface area contributed by atoms with Crippen molar-refractivity contribution in [3.8, 4) is 0 Å². The molecule has 0 bridgehead atoms. The Bertz CT molecular complexity index is 176. The number of nitrogens with two attached hydrogens (primary N) is 2. The van der Waals surface area contributed by atoms with Crippen molar-refractivity contribution in [2.45, 2.75) is 19.8 Å². The first-order valence-corrected chi connectivity index (χ1v) is 3.28. The summed E-state index contributed by atoms with van der Waals surface area (Å²) in [4.78, 5) is 20.9. The van der Waals surface area contributed by atoms with Gasteiger partial charge in [-0.15, -0.1) is 0 Å². The Labute approximate surface area is 69.8 Å². The van der Waals surface area contributed by atoms with E-state index < -0.39 is 17.8 Å². The van der Waals surface area contributed by atoms with Crippen molar-refractivity contribution < 1.29 is 19.1 Å². The normalized spacial score (nSPS) is 10.7. The molecule has 12 heavy (non-hydrogen) atoms. The van der Waals surface area contributed by atoms with Crippen molar-refractivity contribution in [1.29, 1.82) is 0 Å². The van der Waals surface area contributed by atoms with Crippen molar-refractivity contribution >= 4 is 11.9 Å². The van der Waals surface area contributed by atoms with Crippen molar-refractivity contribution in [3.63, 3.8) is 0 Å². The minimum Gasteiger partial charge on any atom is -0.408 e. The van der Waals surface area contributed by atoms with Crippen LogP contribution in [0.1, 0.15) is 13.8 Å². The molecule has 0 amide bonds. The molecule has 0 radical (unpaired) electrons. The lowest BCUT2D eigenvalue weighted by Gasteiger charge is -2.25. The molecule has 0 spiro atoms. The van der Waals surface area contributed by atoms with Gasteiger partial charge in [0.25, 0.3) is 0 Å². The summed E-state index contributed by atoms with van der Waals surface area (Å²) < 4.78 is 8.94. The molecule has 0 saturated heterocycles. The number of carbonyl (C=O) groups excluding carboxylic acids is 2. The average molecular weight is 176 g/mol. The fourth-order valence-electron chi connectivity index (χ4n) is 0.591. The molecule has 0 aliphatic carbocycles. The lowest BCUT2D eigenvalue weighted by Crippen LogP contribution is -2.53. The number of esters is 2. The van der Waals surface area contributed by atoms with E-state index in [1.54, 1.807) is 0 Å². The molecule has 0 aromatic rings. The first-order chi connectivity index (χ1) is 5.39. The van der Waals surface area contributed by atoms with E-state index >= 15 is 0 Å². The van der Waals surface area contributed by atoms with E-state index in [1.165, 1.54) is 0 Å². The number of rotatable bonds is 3. The fourth-order valence-corrected chi connectivity index (χ4v) is 0.591. The van der Waals surface area contributed by atoms with Crippen LogP contribution < -0.4 is 11.5 Å². The zero-order chi connectivity index (χ0) is 9.78. The molecule has 0 fully saturated rings. The Kier molecular flexibility index (Phi) is 3.65. The van der Waals surface area contributed by atoms with Crippen LogP contribution in [0.3, 0.4) is 0 Å². The predicted molar refractivity (Wildman–Crippen MR) is 39.5 cm³/mol. The van der Waals surface area contributed by atoms with Gasteiger partial charge in [0.15, 0.2) is 0 Å². The van der Waals surface area contributed by atoms with Gasteiger partial charge in [-0.3, -0.25) is 15.3 Å². The maximum absolute atomic E-state index is 10.5. The lowest BCUT2D eigenvalue weighted by molar-refractivity contribution is -0.220. The minimum absolute atomic E-state index is 0.286. The van der Waals surface area contributed by atoms with Gasteiger partial charge in [0.2, 0.25) is 0 Å². The summed E-state index contributed by atoms with van der Waals surface area (Å²) in [5, 5.41) is 0. The van der Waals surface area contributed by atoms with Crippen LogP contribution in [0, 0.1) is 0 Å². The maximum Gasteiger partial charge on any atom is 0.328 e. The van der Waals surface area contributed by atoms with Crippen LogP contribution in [-0.4, -0.2) is 24.4 Å². The molecule has 0 aliphatic heterocycles. The van der Waals surface area contributed by atoms with Gasteiger partial charge in [0, 0.05) is 13.8 Å². The van der Waals surface area contributed by atoms with Crippen LogP contribution in [-0.2, 0) is 19.1 Å². The van der Waals surface area contributed by atoms with Gasteiger partial charge in [-0.05, 0) is 0 Å². The molecular weight excluding hydrogens is 164 g/mol. The first kappa shape index (κ1) is 10.9. The summed E-state index contributed by atoms with van der Waals surface area (Å²) in [7, 11) is 0. The van der Waals surface area contributed by atoms with Crippen LogP contribution in [0.4, 0.5) is 0 Å². The summed E-state index contributed by atoms with van der Waals surface area (Å²) in [6.07, 6.45) is 0. The van der Waals surface area contributed by atoms with Gasteiger partial charge in [-0.1, -0.05) is 0 Å². The molecule has 0 aliphatic rings. The average Bonchev–Trinajstić information content (AvgIpc) is 1.83. The zero-order valence-corrected chi connectivity index (χ0v) is 6.99. The molecule has 0 unspecified atom stereocenters. The molecule has 70 valence electrons. The highest BCUT2D eigenvalue weighted by Gasteiger charge is 2.30. The first-order valence-electron chi connectivity index (χ1n) is 3.28. The molecule has 6 heteroatoms. The monoisotopic (exact) mass is 176 g/mol. The quantitative estimate of drug-likeness (QED) is 0.408. The predicted octanol–water partition coefficient (Wildman–Crippen LogP) is -1.32. The zero-order valence-electron chi connectivity index (χ0n) is 6.99. The summed E-state index contributed by atoms with van der Waals surface area (Å²) in [5.74, 6) is -3.16. The summed E-state index contributed by atoms with van der Waals surface area (Å²) in [6, 6.07) is 0. The van der Waals surface area contributed by atoms with E-state index in [4.69, 9.17) is 11.5 Å². The molecule has 0 aromatic carbocycles. The Hall–Kier alpha value is -1.14. The smallest absolute Gasteiger partial charge is 0.328 e. The van der Waals surface area contributed by atoms with Crippen molar-refractivity contribution in [2.24, 2.45) is 11.5 Å². The van der Waals surface area contributed by atoms with Gasteiger partial charge in [0.1, 0.15) is 0 Å². The third-order valence-corrected chi connectivity index (χ3v) is 0.917. The number of carbonyl (C=O) groups is 2. The lowest BCUT2D eigenvalue weighted by atomic mass is 10.5. The second-order valence-corrected chi connectivity index (χ2v) is 2.20. The van der Waals surface area contributed by atoms with E-state index in [0.717, 1.165) is 13.8 Å². The van der Waals surface area contributed by atoms with E-state index in [-0.39, 0.29) is 6.54 Å². The van der Waals surface area contributed by atoms with E-state index in [0.29, 0.717) is 0 Å². The van der Waals surface area contributed by atoms with Crippen LogP contribution in [0.15, 0.2) is 0 Å². The van der Waals surface area contributed by atoms with Gasteiger partial charge in [0.05, 0.1) is 6.54 Å². The second kappa shape index (κ2) is 4.03. The van der Waals surface area contributed by atoms with E-state index in [9.17, 15) is 9.59 Å². The maximum atomic E-state index is 10.5. The van der Waals surface area contributed by atoms with Gasteiger partial charge < -0.3 is 15.2 Å². The second-order valence-electron chi connectivity index (χ2n) is 2.20. The largest absolute Gasteiger partial charge is 0.408 e. The molecule has 0 atom stereocenters. The van der Waals surface area contributed by atoms with E-state index in [1.807, 2.05) is 0 Å². The van der Waals surface area contributed by atoms with Crippen LogP contribution in [0.25, 0.3) is 0 Å².